The molecular weight excluding hydrogens is 315 g/mol. The van der Waals surface area contributed by atoms with Gasteiger partial charge in [-0.25, -0.2) is 9.59 Å². The lowest BCUT2D eigenvalue weighted by Gasteiger charge is -2.09. The standard InChI is InChI=1S/C14H10Cl2N2O3/c15-9-1-3-11(4-2-9)17-14(21)18-12-6-8(13(19)20)5-10(16)7-12/h1-7H,(H,19,20)(H2,17,18,21). The van der Waals surface area contributed by atoms with Gasteiger partial charge in [-0.1, -0.05) is 23.2 Å². The van der Waals surface area contributed by atoms with Crippen LogP contribution in [0.2, 0.25) is 10.0 Å². The lowest BCUT2D eigenvalue weighted by atomic mass is 10.2. The van der Waals surface area contributed by atoms with Crippen LogP contribution in [0.5, 0.6) is 0 Å². The summed E-state index contributed by atoms with van der Waals surface area (Å²) in [6.45, 7) is 0. The van der Waals surface area contributed by atoms with E-state index >= 15 is 0 Å². The minimum absolute atomic E-state index is 0.00991. The molecule has 3 N–H and O–H groups in total. The van der Waals surface area contributed by atoms with Gasteiger partial charge in [0.25, 0.3) is 0 Å². The van der Waals surface area contributed by atoms with Crippen LogP contribution in [0, 0.1) is 0 Å². The van der Waals surface area contributed by atoms with Gasteiger partial charge in [0.1, 0.15) is 0 Å². The monoisotopic (exact) mass is 324 g/mol. The molecule has 0 spiro atoms. The van der Waals surface area contributed by atoms with Crippen LogP contribution in [0.15, 0.2) is 42.5 Å². The zero-order valence-electron chi connectivity index (χ0n) is 10.6. The third kappa shape index (κ3) is 4.37. The molecule has 7 heteroatoms. The molecule has 108 valence electrons. The minimum Gasteiger partial charge on any atom is -0.478 e. The number of hydrogen-bond donors (Lipinski definition) is 3. The predicted molar refractivity (Wildman–Crippen MR) is 82.5 cm³/mol. The topological polar surface area (TPSA) is 78.4 Å². The first kappa shape index (κ1) is 15.2. The average Bonchev–Trinajstić information content (AvgIpc) is 2.40. The second-order valence-corrected chi connectivity index (χ2v) is 4.99. The van der Waals surface area contributed by atoms with Crippen LogP contribution in [0.25, 0.3) is 0 Å². The Bertz CT molecular complexity index is 687. The Morgan fingerprint density at radius 3 is 2.10 bits per heavy atom. The highest BCUT2D eigenvalue weighted by molar-refractivity contribution is 6.31. The highest BCUT2D eigenvalue weighted by Gasteiger charge is 2.08. The molecule has 0 aliphatic rings. The van der Waals surface area contributed by atoms with E-state index in [1.54, 1.807) is 24.3 Å². The number of rotatable bonds is 3. The van der Waals surface area contributed by atoms with E-state index in [9.17, 15) is 9.59 Å². The zero-order valence-corrected chi connectivity index (χ0v) is 12.1. The average molecular weight is 325 g/mol. The zero-order chi connectivity index (χ0) is 15.4. The number of carboxylic acids is 1. The summed E-state index contributed by atoms with van der Waals surface area (Å²) in [7, 11) is 0. The van der Waals surface area contributed by atoms with Crippen LogP contribution in [0.4, 0.5) is 16.2 Å². The van der Waals surface area contributed by atoms with E-state index < -0.39 is 12.0 Å². The van der Waals surface area contributed by atoms with Crippen molar-refractivity contribution in [2.24, 2.45) is 0 Å². The molecular formula is C14H10Cl2N2O3. The molecule has 0 aromatic heterocycles. The Kier molecular flexibility index (Phi) is 4.67. The van der Waals surface area contributed by atoms with Gasteiger partial charge in [-0.3, -0.25) is 0 Å². The molecule has 0 saturated carbocycles. The molecule has 2 aromatic rings. The van der Waals surface area contributed by atoms with E-state index in [0.29, 0.717) is 10.7 Å². The predicted octanol–water partition coefficient (Wildman–Crippen LogP) is 4.34. The number of nitrogens with one attached hydrogen (secondary N) is 2. The molecule has 0 heterocycles. The van der Waals surface area contributed by atoms with E-state index in [2.05, 4.69) is 10.6 Å². The lowest BCUT2D eigenvalue weighted by Crippen LogP contribution is -2.19. The number of carboxylic acid groups (broad SMARTS) is 1. The lowest BCUT2D eigenvalue weighted by molar-refractivity contribution is 0.0697. The maximum atomic E-state index is 11.8. The first-order valence-corrected chi connectivity index (χ1v) is 6.57. The number of anilines is 2. The van der Waals surface area contributed by atoms with E-state index in [1.807, 2.05) is 0 Å². The van der Waals surface area contributed by atoms with Gasteiger partial charge < -0.3 is 15.7 Å². The second kappa shape index (κ2) is 6.47. The Morgan fingerprint density at radius 2 is 1.48 bits per heavy atom. The first-order chi connectivity index (χ1) is 9.94. The summed E-state index contributed by atoms with van der Waals surface area (Å²) in [6.07, 6.45) is 0. The van der Waals surface area contributed by atoms with Gasteiger partial charge in [-0.15, -0.1) is 0 Å². The molecule has 0 saturated heterocycles. The van der Waals surface area contributed by atoms with Crippen LogP contribution >= 0.6 is 23.2 Å². The smallest absolute Gasteiger partial charge is 0.335 e. The van der Waals surface area contributed by atoms with Crippen molar-refractivity contribution in [3.8, 4) is 0 Å². The number of hydrogen-bond acceptors (Lipinski definition) is 2. The number of urea groups is 1. The van der Waals surface area contributed by atoms with Gasteiger partial charge in [0.05, 0.1) is 5.56 Å². The molecule has 0 bridgehead atoms. The van der Waals surface area contributed by atoms with E-state index in [4.69, 9.17) is 28.3 Å². The maximum Gasteiger partial charge on any atom is 0.335 e. The van der Waals surface area contributed by atoms with Crippen molar-refractivity contribution in [3.05, 3.63) is 58.1 Å². The fourth-order valence-corrected chi connectivity index (χ4v) is 1.97. The summed E-state index contributed by atoms with van der Waals surface area (Å²) in [5, 5.41) is 14.8. The minimum atomic E-state index is -1.13. The number of halogens is 2. The largest absolute Gasteiger partial charge is 0.478 e. The summed E-state index contributed by atoms with van der Waals surface area (Å²) >= 11 is 11.5. The molecule has 0 unspecified atom stereocenters. The van der Waals surface area contributed by atoms with Gasteiger partial charge in [-0.2, -0.15) is 0 Å². The van der Waals surface area contributed by atoms with Crippen molar-refractivity contribution in [1.29, 1.82) is 0 Å². The summed E-state index contributed by atoms with van der Waals surface area (Å²) in [4.78, 5) is 22.7. The summed E-state index contributed by atoms with van der Waals surface area (Å²) in [6, 6.07) is 10.1. The number of benzene rings is 2. The molecule has 5 nitrogen and oxygen atoms in total. The van der Waals surface area contributed by atoms with E-state index in [-0.39, 0.29) is 16.3 Å². The van der Waals surface area contributed by atoms with E-state index in [1.165, 1.54) is 18.2 Å². The highest BCUT2D eigenvalue weighted by atomic mass is 35.5. The van der Waals surface area contributed by atoms with Crippen LogP contribution in [-0.2, 0) is 0 Å². The Labute approximate surface area is 130 Å². The van der Waals surface area contributed by atoms with Crippen LogP contribution < -0.4 is 10.6 Å². The third-order valence-electron chi connectivity index (χ3n) is 2.50. The molecule has 2 amide bonds. The van der Waals surface area contributed by atoms with Crippen LogP contribution in [0.1, 0.15) is 10.4 Å². The molecule has 0 radical (unpaired) electrons. The van der Waals surface area contributed by atoms with Crippen molar-refractivity contribution in [2.45, 2.75) is 0 Å². The van der Waals surface area contributed by atoms with Gasteiger partial charge >= 0.3 is 12.0 Å². The SMILES string of the molecule is O=C(Nc1ccc(Cl)cc1)Nc1cc(Cl)cc(C(=O)O)c1. The Hall–Kier alpha value is -2.24. The van der Waals surface area contributed by atoms with Gasteiger partial charge in [0.15, 0.2) is 0 Å². The molecule has 0 aliphatic carbocycles. The quantitative estimate of drug-likeness (QED) is 0.785. The van der Waals surface area contributed by atoms with Gasteiger partial charge in [0.2, 0.25) is 0 Å². The molecule has 2 rings (SSSR count). The molecule has 0 aliphatic heterocycles. The van der Waals surface area contributed by atoms with Crippen molar-refractivity contribution in [3.63, 3.8) is 0 Å². The summed E-state index contributed by atoms with van der Waals surface area (Å²) in [5.74, 6) is -1.13. The molecule has 21 heavy (non-hydrogen) atoms. The fraction of sp³-hybridized carbons (Fsp3) is 0. The van der Waals surface area contributed by atoms with Gasteiger partial charge in [-0.05, 0) is 42.5 Å². The highest BCUT2D eigenvalue weighted by Crippen LogP contribution is 2.20. The van der Waals surface area contributed by atoms with Crippen LogP contribution in [-0.4, -0.2) is 17.1 Å². The van der Waals surface area contributed by atoms with Crippen molar-refractivity contribution < 1.29 is 14.7 Å². The number of carbonyl (C=O) groups excluding carboxylic acids is 1. The van der Waals surface area contributed by atoms with Crippen molar-refractivity contribution in [2.75, 3.05) is 10.6 Å². The first-order valence-electron chi connectivity index (χ1n) is 5.81. The Morgan fingerprint density at radius 1 is 0.857 bits per heavy atom. The number of amides is 2. The second-order valence-electron chi connectivity index (χ2n) is 4.12. The summed E-state index contributed by atoms with van der Waals surface area (Å²) < 4.78 is 0. The van der Waals surface area contributed by atoms with Crippen LogP contribution in [0.3, 0.4) is 0 Å². The maximum absolute atomic E-state index is 11.8. The number of aromatic carboxylic acids is 1. The normalized spacial score (nSPS) is 10.0. The summed E-state index contributed by atoms with van der Waals surface area (Å²) in [5.41, 5.74) is 0.827. The van der Waals surface area contributed by atoms with Crippen molar-refractivity contribution >= 4 is 46.6 Å². The van der Waals surface area contributed by atoms with Crippen molar-refractivity contribution in [1.82, 2.24) is 0 Å². The molecule has 0 atom stereocenters. The molecule has 0 fully saturated rings. The van der Waals surface area contributed by atoms with Gasteiger partial charge in [0, 0.05) is 21.4 Å². The molecule has 2 aromatic carbocycles. The Balaban J connectivity index is 2.09. The van der Waals surface area contributed by atoms with E-state index in [0.717, 1.165) is 0 Å². The fourth-order valence-electron chi connectivity index (χ4n) is 1.61. The third-order valence-corrected chi connectivity index (χ3v) is 2.97. The number of carbonyl (C=O) groups is 2.